The van der Waals surface area contributed by atoms with Crippen molar-refractivity contribution in [2.45, 2.75) is 20.3 Å². The van der Waals surface area contributed by atoms with Gasteiger partial charge >= 0.3 is 0 Å². The molecule has 1 aromatic rings. The summed E-state index contributed by atoms with van der Waals surface area (Å²) in [5.41, 5.74) is 4.58. The molecule has 1 saturated heterocycles. The lowest BCUT2D eigenvalue weighted by Crippen LogP contribution is -2.52. The zero-order chi connectivity index (χ0) is 15.2. The minimum Gasteiger partial charge on any atom is -0.370 e. The number of carbonyl (C=O) groups is 1. The maximum absolute atomic E-state index is 12.4. The molecule has 0 aromatic carbocycles. The average Bonchev–Trinajstić information content (AvgIpc) is 2.49. The van der Waals surface area contributed by atoms with Gasteiger partial charge in [0.05, 0.1) is 0 Å². The summed E-state index contributed by atoms with van der Waals surface area (Å²) < 4.78 is 0. The monoisotopic (exact) mass is 291 g/mol. The van der Waals surface area contributed by atoms with Crippen molar-refractivity contribution in [2.24, 2.45) is 0 Å². The molecular weight excluding hydrogens is 266 g/mol. The predicted octanol–water partition coefficient (Wildman–Crippen LogP) is 0.968. The zero-order valence-electron chi connectivity index (χ0n) is 13.1. The highest BCUT2D eigenvalue weighted by Gasteiger charge is 2.17. The number of piperazine rings is 1. The van der Waals surface area contributed by atoms with Crippen LogP contribution >= 0.6 is 0 Å². The molecule has 0 unspecified atom stereocenters. The third kappa shape index (κ3) is 4.41. The van der Waals surface area contributed by atoms with E-state index in [1.807, 2.05) is 31.0 Å². The molecule has 1 aliphatic rings. The fraction of sp³-hybridized carbons (Fsp3) is 0.600. The molecule has 2 heterocycles. The number of nitrogens with zero attached hydrogens (tertiary/aromatic N) is 3. The number of hydrogen-bond donors (Lipinski definition) is 2. The van der Waals surface area contributed by atoms with E-state index in [-0.39, 0.29) is 5.91 Å². The minimum atomic E-state index is -0.0594. The Morgan fingerprint density at radius 3 is 2.57 bits per heavy atom. The van der Waals surface area contributed by atoms with Gasteiger partial charge in [0.15, 0.2) is 0 Å². The molecule has 2 N–H and O–H groups in total. The normalized spacial score (nSPS) is 16.7. The first-order valence-corrected chi connectivity index (χ1v) is 7.61. The van der Waals surface area contributed by atoms with Crippen LogP contribution in [-0.4, -0.2) is 60.6 Å². The molecule has 1 fully saturated rings. The molecule has 0 aliphatic carbocycles. The fourth-order valence-electron chi connectivity index (χ4n) is 2.30. The molecule has 0 saturated carbocycles. The number of amides is 1. The van der Waals surface area contributed by atoms with Crippen LogP contribution in [0.4, 0.5) is 5.82 Å². The number of aryl methyl sites for hydroxylation is 1. The summed E-state index contributed by atoms with van der Waals surface area (Å²) in [6.45, 7) is 8.51. The van der Waals surface area contributed by atoms with Crippen molar-refractivity contribution in [3.63, 3.8) is 0 Å². The topological polar surface area (TPSA) is 60.5 Å². The van der Waals surface area contributed by atoms with Crippen molar-refractivity contribution in [3.05, 3.63) is 23.4 Å². The molecule has 0 radical (unpaired) electrons. The molecule has 1 amide bonds. The van der Waals surface area contributed by atoms with Gasteiger partial charge < -0.3 is 10.2 Å². The van der Waals surface area contributed by atoms with Crippen LogP contribution in [0.3, 0.4) is 0 Å². The first kappa shape index (κ1) is 15.7. The Balaban J connectivity index is 2.05. The largest absolute Gasteiger partial charge is 0.370 e. The molecule has 1 aromatic heterocycles. The Morgan fingerprint density at radius 1 is 1.24 bits per heavy atom. The van der Waals surface area contributed by atoms with Gasteiger partial charge in [-0.2, -0.15) is 0 Å². The van der Waals surface area contributed by atoms with E-state index in [1.165, 1.54) is 0 Å². The van der Waals surface area contributed by atoms with Crippen LogP contribution in [-0.2, 0) is 6.42 Å². The number of hydrazine groups is 1. The van der Waals surface area contributed by atoms with E-state index in [4.69, 9.17) is 0 Å². The van der Waals surface area contributed by atoms with E-state index in [9.17, 15) is 4.79 Å². The Bertz CT molecular complexity index is 483. The average molecular weight is 291 g/mol. The number of pyridine rings is 1. The number of likely N-dealkylation sites (N-methyl/N-ethyl adjacent to an activating group) is 1. The Kier molecular flexibility index (Phi) is 5.52. The van der Waals surface area contributed by atoms with Crippen molar-refractivity contribution in [1.29, 1.82) is 0 Å². The summed E-state index contributed by atoms with van der Waals surface area (Å²) in [5.74, 6) is 0.705. The van der Waals surface area contributed by atoms with Crippen LogP contribution in [0.1, 0.15) is 29.9 Å². The van der Waals surface area contributed by atoms with Gasteiger partial charge in [0.25, 0.3) is 5.91 Å². The molecule has 0 bridgehead atoms. The number of rotatable bonds is 5. The number of carbonyl (C=O) groups excluding carboxylic acids is 1. The number of anilines is 1. The van der Waals surface area contributed by atoms with Crippen LogP contribution in [0.15, 0.2) is 12.1 Å². The summed E-state index contributed by atoms with van der Waals surface area (Å²) in [7, 11) is 2.10. The lowest BCUT2D eigenvalue weighted by Gasteiger charge is -2.32. The maximum Gasteiger partial charge on any atom is 0.265 e. The second-order valence-corrected chi connectivity index (χ2v) is 5.35. The quantitative estimate of drug-likeness (QED) is 0.846. The van der Waals surface area contributed by atoms with E-state index in [1.54, 1.807) is 0 Å². The highest BCUT2D eigenvalue weighted by Crippen LogP contribution is 2.11. The molecule has 116 valence electrons. The molecule has 0 spiro atoms. The van der Waals surface area contributed by atoms with Crippen LogP contribution in [0, 0.1) is 0 Å². The summed E-state index contributed by atoms with van der Waals surface area (Å²) >= 11 is 0. The highest BCUT2D eigenvalue weighted by molar-refractivity contribution is 5.94. The summed E-state index contributed by atoms with van der Waals surface area (Å²) in [6, 6.07) is 3.68. The molecule has 0 atom stereocenters. The van der Waals surface area contributed by atoms with E-state index < -0.39 is 0 Å². The van der Waals surface area contributed by atoms with Gasteiger partial charge in [0, 0.05) is 44.0 Å². The molecule has 21 heavy (non-hydrogen) atoms. The first-order chi connectivity index (χ1) is 10.1. The van der Waals surface area contributed by atoms with Gasteiger partial charge in [-0.1, -0.05) is 6.92 Å². The van der Waals surface area contributed by atoms with Crippen LogP contribution in [0.25, 0.3) is 0 Å². The van der Waals surface area contributed by atoms with Crippen molar-refractivity contribution in [3.8, 4) is 0 Å². The lowest BCUT2D eigenvalue weighted by atomic mass is 10.2. The molecule has 6 nitrogen and oxygen atoms in total. The molecule has 6 heteroatoms. The second-order valence-electron chi connectivity index (χ2n) is 5.35. The van der Waals surface area contributed by atoms with Crippen molar-refractivity contribution < 1.29 is 4.79 Å². The maximum atomic E-state index is 12.4. The fourth-order valence-corrected chi connectivity index (χ4v) is 2.30. The SMILES string of the molecule is CCNc1cc(C(=O)NN2CCN(C)CC2)cc(CC)n1. The van der Waals surface area contributed by atoms with Gasteiger partial charge in [0.1, 0.15) is 5.82 Å². The van der Waals surface area contributed by atoms with Crippen LogP contribution < -0.4 is 10.7 Å². The molecule has 1 aliphatic heterocycles. The predicted molar refractivity (Wildman–Crippen MR) is 84.3 cm³/mol. The summed E-state index contributed by atoms with van der Waals surface area (Å²) in [5, 5.41) is 5.16. The Hall–Kier alpha value is -1.66. The Labute approximate surface area is 126 Å². The van der Waals surface area contributed by atoms with Crippen molar-refractivity contribution >= 4 is 11.7 Å². The van der Waals surface area contributed by atoms with E-state index in [0.29, 0.717) is 5.56 Å². The zero-order valence-corrected chi connectivity index (χ0v) is 13.1. The third-order valence-corrected chi connectivity index (χ3v) is 3.62. The summed E-state index contributed by atoms with van der Waals surface area (Å²) in [6.07, 6.45) is 0.814. The van der Waals surface area contributed by atoms with E-state index >= 15 is 0 Å². The van der Waals surface area contributed by atoms with Crippen molar-refractivity contribution in [1.82, 2.24) is 20.3 Å². The highest BCUT2D eigenvalue weighted by atomic mass is 16.2. The number of aromatic nitrogens is 1. The Morgan fingerprint density at radius 2 is 1.95 bits per heavy atom. The third-order valence-electron chi connectivity index (χ3n) is 3.62. The standard InChI is InChI=1S/C15H25N5O/c1-4-13-10-12(11-14(17-13)16-5-2)15(21)18-20-8-6-19(3)7-9-20/h10-11H,4-9H2,1-3H3,(H,16,17)(H,18,21). The van der Waals surface area contributed by atoms with Gasteiger partial charge in [0.2, 0.25) is 0 Å². The van der Waals surface area contributed by atoms with Crippen molar-refractivity contribution in [2.75, 3.05) is 45.1 Å². The molecule has 2 rings (SSSR count). The van der Waals surface area contributed by atoms with E-state index in [2.05, 4.69) is 27.7 Å². The van der Waals surface area contributed by atoms with Gasteiger partial charge in [-0.25, -0.2) is 9.99 Å². The minimum absolute atomic E-state index is 0.0594. The number of hydrogen-bond acceptors (Lipinski definition) is 5. The van der Waals surface area contributed by atoms with Crippen LogP contribution in [0.2, 0.25) is 0 Å². The molecular formula is C15H25N5O. The van der Waals surface area contributed by atoms with Gasteiger partial charge in [-0.15, -0.1) is 0 Å². The van der Waals surface area contributed by atoms with E-state index in [0.717, 1.165) is 50.7 Å². The van der Waals surface area contributed by atoms with Crippen LogP contribution in [0.5, 0.6) is 0 Å². The van der Waals surface area contributed by atoms with Gasteiger partial charge in [-0.3, -0.25) is 10.2 Å². The second kappa shape index (κ2) is 7.38. The van der Waals surface area contributed by atoms with Gasteiger partial charge in [-0.05, 0) is 32.5 Å². The lowest BCUT2D eigenvalue weighted by molar-refractivity contribution is 0.0662. The smallest absolute Gasteiger partial charge is 0.265 e. The summed E-state index contributed by atoms with van der Waals surface area (Å²) in [4.78, 5) is 19.1. The first-order valence-electron chi connectivity index (χ1n) is 7.61. The number of nitrogens with one attached hydrogen (secondary N) is 2.